The van der Waals surface area contributed by atoms with E-state index in [1.54, 1.807) is 0 Å². The van der Waals surface area contributed by atoms with Crippen molar-refractivity contribution < 1.29 is 24.5 Å². The Morgan fingerprint density at radius 1 is 1.23 bits per heavy atom. The quantitative estimate of drug-likeness (QED) is 0.402. The van der Waals surface area contributed by atoms with Gasteiger partial charge in [0.15, 0.2) is 5.88 Å². The molecule has 3 atom stereocenters. The van der Waals surface area contributed by atoms with Crippen LogP contribution in [0.3, 0.4) is 0 Å². The molecular formula is C27H31ClN2O5. The summed E-state index contributed by atoms with van der Waals surface area (Å²) in [6, 6.07) is 11.8. The maximum absolute atomic E-state index is 11.2. The van der Waals surface area contributed by atoms with Crippen molar-refractivity contribution in [3.8, 4) is 17.1 Å². The third kappa shape index (κ3) is 5.69. The predicted molar refractivity (Wildman–Crippen MR) is 137 cm³/mol. The Kier molecular flexibility index (Phi) is 8.11. The lowest BCUT2D eigenvalue weighted by Gasteiger charge is -2.19. The first-order valence-electron chi connectivity index (χ1n) is 12.1. The summed E-state index contributed by atoms with van der Waals surface area (Å²) in [7, 11) is 0. The first-order valence-corrected chi connectivity index (χ1v) is 12.5. The fraction of sp³-hybridized carbons (Fsp3) is 0.407. The molecule has 1 unspecified atom stereocenters. The van der Waals surface area contributed by atoms with Crippen LogP contribution in [-0.2, 0) is 9.53 Å². The summed E-state index contributed by atoms with van der Waals surface area (Å²) in [5, 5.41) is 18.9. The van der Waals surface area contributed by atoms with E-state index < -0.39 is 5.97 Å². The van der Waals surface area contributed by atoms with Gasteiger partial charge in [-0.2, -0.15) is 0 Å². The van der Waals surface area contributed by atoms with E-state index in [0.717, 1.165) is 28.6 Å². The van der Waals surface area contributed by atoms with Gasteiger partial charge in [-0.15, -0.1) is 0 Å². The Hall–Kier alpha value is -2.87. The number of hydrogen-bond donors (Lipinski definition) is 3. The van der Waals surface area contributed by atoms with Crippen molar-refractivity contribution in [2.75, 3.05) is 13.2 Å². The molecule has 1 aromatic carbocycles. The van der Waals surface area contributed by atoms with Crippen LogP contribution in [0.5, 0.6) is 5.88 Å². The van der Waals surface area contributed by atoms with Crippen LogP contribution in [-0.4, -0.2) is 51.6 Å². The van der Waals surface area contributed by atoms with Gasteiger partial charge in [-0.1, -0.05) is 55.8 Å². The molecule has 3 aromatic rings. The van der Waals surface area contributed by atoms with Gasteiger partial charge in [-0.25, -0.2) is 4.98 Å². The monoisotopic (exact) mass is 498 g/mol. The molecule has 2 aliphatic rings. The lowest BCUT2D eigenvalue weighted by Crippen LogP contribution is -2.17. The number of pyridine rings is 1. The smallest absolute Gasteiger partial charge is 0.306 e. The van der Waals surface area contributed by atoms with Crippen LogP contribution >= 0.6 is 11.6 Å². The Labute approximate surface area is 209 Å². The lowest BCUT2D eigenvalue weighted by molar-refractivity contribution is -0.141. The molecule has 35 heavy (non-hydrogen) atoms. The number of benzene rings is 1. The largest absolute Gasteiger partial charge is 0.481 e. The molecule has 3 heterocycles. The molecular weight excluding hydrogens is 468 g/mol. The highest BCUT2D eigenvalue weighted by molar-refractivity contribution is 6.33. The number of nitrogens with one attached hydrogen (secondary N) is 1. The second-order valence-electron chi connectivity index (χ2n) is 8.61. The van der Waals surface area contributed by atoms with Crippen molar-refractivity contribution >= 4 is 34.2 Å². The number of aliphatic carboxylic acids is 1. The lowest BCUT2D eigenvalue weighted by atomic mass is 9.86. The Morgan fingerprint density at radius 2 is 1.97 bits per heavy atom. The zero-order valence-electron chi connectivity index (χ0n) is 20.0. The number of nitrogens with zero attached hydrogens (tertiary/aromatic N) is 1. The normalized spacial score (nSPS) is 21.8. The average Bonchev–Trinajstić information content (AvgIpc) is 3.51. The van der Waals surface area contributed by atoms with Gasteiger partial charge >= 0.3 is 5.97 Å². The van der Waals surface area contributed by atoms with E-state index in [4.69, 9.17) is 26.1 Å². The highest BCUT2D eigenvalue weighted by atomic mass is 35.5. The first-order chi connectivity index (χ1) is 17.0. The van der Waals surface area contributed by atoms with E-state index in [1.165, 1.54) is 5.57 Å². The van der Waals surface area contributed by atoms with Crippen LogP contribution in [0, 0.1) is 5.92 Å². The van der Waals surface area contributed by atoms with Crippen LogP contribution in [0.1, 0.15) is 45.1 Å². The van der Waals surface area contributed by atoms with Crippen LogP contribution in [0.2, 0.25) is 5.02 Å². The number of carbonyl (C=O) groups is 1. The molecule has 3 N–H and O–H groups in total. The molecule has 1 saturated heterocycles. The number of rotatable bonds is 6. The number of ether oxygens (including phenoxy) is 2. The maximum atomic E-state index is 11.2. The number of fused-ring (bicyclic) bond motifs is 1. The molecule has 0 spiro atoms. The Bertz CT molecular complexity index is 1200. The number of carboxylic acids is 1. The molecule has 7 nitrogen and oxygen atoms in total. The number of aromatic amines is 1. The summed E-state index contributed by atoms with van der Waals surface area (Å²) in [5.41, 5.74) is 5.41. The predicted octanol–water partition coefficient (Wildman–Crippen LogP) is 5.71. The van der Waals surface area contributed by atoms with Gasteiger partial charge in [0.25, 0.3) is 0 Å². The molecule has 186 valence electrons. The number of allylic oxidation sites excluding steroid dienone is 2. The van der Waals surface area contributed by atoms with Crippen molar-refractivity contribution in [2.45, 2.75) is 51.7 Å². The van der Waals surface area contributed by atoms with Crippen molar-refractivity contribution in [3.05, 3.63) is 53.1 Å². The molecule has 0 bridgehead atoms. The van der Waals surface area contributed by atoms with Gasteiger partial charge < -0.3 is 24.7 Å². The number of hydrogen-bond acceptors (Lipinski definition) is 5. The number of carboxylic acid groups (broad SMARTS) is 1. The Balaban J connectivity index is 0.00000141. The third-order valence-corrected chi connectivity index (χ3v) is 6.65. The highest BCUT2D eigenvalue weighted by Crippen LogP contribution is 2.34. The van der Waals surface area contributed by atoms with Gasteiger partial charge in [0.05, 0.1) is 47.0 Å². The average molecular weight is 499 g/mol. The zero-order chi connectivity index (χ0) is 24.9. The second-order valence-corrected chi connectivity index (χ2v) is 9.02. The fourth-order valence-corrected chi connectivity index (χ4v) is 4.76. The zero-order valence-corrected chi connectivity index (χ0v) is 20.7. The number of halogens is 1. The van der Waals surface area contributed by atoms with E-state index in [1.807, 2.05) is 56.3 Å². The highest BCUT2D eigenvalue weighted by Gasteiger charge is 2.27. The van der Waals surface area contributed by atoms with Crippen molar-refractivity contribution in [1.29, 1.82) is 0 Å². The number of aromatic nitrogens is 2. The fourth-order valence-electron chi connectivity index (χ4n) is 4.50. The molecule has 0 saturated carbocycles. The first kappa shape index (κ1) is 25.2. The van der Waals surface area contributed by atoms with Crippen molar-refractivity contribution in [1.82, 2.24) is 9.97 Å². The SMILES string of the molecule is CC.O=C(O)C1CC=C(c2ccc(-c3nc4cc(O[C@@H]5CO[C@H](CO)C5)[nH]c4cc3Cl)cc2)CC1. The van der Waals surface area contributed by atoms with E-state index in [9.17, 15) is 15.0 Å². The minimum Gasteiger partial charge on any atom is -0.481 e. The molecule has 0 radical (unpaired) electrons. The van der Waals surface area contributed by atoms with Crippen molar-refractivity contribution in [3.63, 3.8) is 0 Å². The van der Waals surface area contributed by atoms with Crippen LogP contribution in [0.4, 0.5) is 0 Å². The maximum Gasteiger partial charge on any atom is 0.306 e. The summed E-state index contributed by atoms with van der Waals surface area (Å²) < 4.78 is 11.4. The molecule has 1 fully saturated rings. The van der Waals surface area contributed by atoms with Crippen LogP contribution in [0.15, 0.2) is 42.5 Å². The minimum absolute atomic E-state index is 0.00792. The molecule has 2 aromatic heterocycles. The van der Waals surface area contributed by atoms with Gasteiger partial charge in [0, 0.05) is 18.1 Å². The van der Waals surface area contributed by atoms with E-state index in [2.05, 4.69) is 4.98 Å². The molecule has 1 aliphatic carbocycles. The minimum atomic E-state index is -0.721. The van der Waals surface area contributed by atoms with Gasteiger partial charge in [-0.3, -0.25) is 4.79 Å². The molecule has 8 heteroatoms. The molecule has 5 rings (SSSR count). The number of aliphatic hydroxyl groups is 1. The van der Waals surface area contributed by atoms with Crippen molar-refractivity contribution in [2.24, 2.45) is 5.92 Å². The third-order valence-electron chi connectivity index (χ3n) is 6.36. The Morgan fingerprint density at radius 3 is 2.60 bits per heavy atom. The summed E-state index contributed by atoms with van der Waals surface area (Å²) in [4.78, 5) is 19.1. The topological polar surface area (TPSA) is 105 Å². The van der Waals surface area contributed by atoms with Gasteiger partial charge in [0.1, 0.15) is 6.10 Å². The standard InChI is InChI=1S/C25H25ClN2O5.C2H6/c26-20-10-21-22(11-23(27-21)33-19-9-18(12-29)32-13-19)28-24(20)16-5-1-14(2-6-16)15-3-7-17(8-4-15)25(30)31;1-2/h1-3,5-6,10-11,17-19,27,29H,4,7-9,12-13H2,(H,30,31);1-2H3/t17?,18-,19-;/m0./s1. The summed E-state index contributed by atoms with van der Waals surface area (Å²) in [6.45, 7) is 4.44. The molecule has 1 aliphatic heterocycles. The van der Waals surface area contributed by atoms with Gasteiger partial charge in [0.2, 0.25) is 0 Å². The van der Waals surface area contributed by atoms with E-state index in [-0.39, 0.29) is 24.7 Å². The van der Waals surface area contributed by atoms with Crippen LogP contribution < -0.4 is 4.74 Å². The number of H-pyrrole nitrogens is 1. The molecule has 0 amide bonds. The van der Waals surface area contributed by atoms with E-state index in [0.29, 0.717) is 42.5 Å². The second kappa shape index (κ2) is 11.2. The van der Waals surface area contributed by atoms with Crippen LogP contribution in [0.25, 0.3) is 27.9 Å². The summed E-state index contributed by atoms with van der Waals surface area (Å²) in [6.07, 6.45) is 4.39. The summed E-state index contributed by atoms with van der Waals surface area (Å²) in [5.74, 6) is -0.409. The van der Waals surface area contributed by atoms with Gasteiger partial charge in [-0.05, 0) is 36.5 Å². The summed E-state index contributed by atoms with van der Waals surface area (Å²) >= 11 is 6.55. The van der Waals surface area contributed by atoms with E-state index >= 15 is 0 Å². The number of aliphatic hydroxyl groups excluding tert-OH is 1.